The highest BCUT2D eigenvalue weighted by atomic mass is 16.5. The number of hydrazine groups is 1. The number of carbonyl (C=O) groups excluding carboxylic acids is 3. The maximum absolute atomic E-state index is 11.9. The Labute approximate surface area is 139 Å². The second-order valence-electron chi connectivity index (χ2n) is 4.76. The summed E-state index contributed by atoms with van der Waals surface area (Å²) in [6.07, 6.45) is 2.95. The smallest absolute Gasteiger partial charge is 0.337 e. The number of hydrogen-bond acceptors (Lipinski definition) is 4. The van der Waals surface area contributed by atoms with E-state index in [2.05, 4.69) is 15.6 Å². The van der Waals surface area contributed by atoms with Gasteiger partial charge in [-0.3, -0.25) is 20.4 Å². The molecule has 2 aromatic rings. The van der Waals surface area contributed by atoms with Gasteiger partial charge in [-0.05, 0) is 35.9 Å². The molecule has 0 spiro atoms. The lowest BCUT2D eigenvalue weighted by Gasteiger charge is -2.06. The first-order chi connectivity index (χ1) is 11.6. The van der Waals surface area contributed by atoms with E-state index >= 15 is 0 Å². The molecule has 0 saturated carbocycles. The topological polar surface area (TPSA) is 84.5 Å². The molecule has 0 aromatic heterocycles. The van der Waals surface area contributed by atoms with Crippen LogP contribution in [0.4, 0.5) is 0 Å². The zero-order chi connectivity index (χ0) is 17.4. The number of carbonyl (C=O) groups is 3. The third kappa shape index (κ3) is 4.81. The molecule has 0 bridgehead atoms. The van der Waals surface area contributed by atoms with Crippen molar-refractivity contribution in [3.05, 3.63) is 77.4 Å². The lowest BCUT2D eigenvalue weighted by atomic mass is 10.1. The summed E-state index contributed by atoms with van der Waals surface area (Å²) < 4.78 is 4.57. The number of amides is 2. The maximum Gasteiger partial charge on any atom is 0.337 e. The Morgan fingerprint density at radius 3 is 2.12 bits per heavy atom. The van der Waals surface area contributed by atoms with Crippen molar-refractivity contribution < 1.29 is 19.1 Å². The zero-order valence-electron chi connectivity index (χ0n) is 13.0. The summed E-state index contributed by atoms with van der Waals surface area (Å²) >= 11 is 0. The Kier molecular flexibility index (Phi) is 5.85. The number of methoxy groups -OCH3 is 1. The molecular formula is C18H16N2O4. The molecule has 0 atom stereocenters. The first-order valence-corrected chi connectivity index (χ1v) is 7.12. The van der Waals surface area contributed by atoms with Crippen molar-refractivity contribution in [3.63, 3.8) is 0 Å². The van der Waals surface area contributed by atoms with Crippen LogP contribution in [0.5, 0.6) is 0 Å². The molecule has 2 rings (SSSR count). The van der Waals surface area contributed by atoms with E-state index in [-0.39, 0.29) is 0 Å². The molecule has 122 valence electrons. The van der Waals surface area contributed by atoms with E-state index in [0.717, 1.165) is 5.56 Å². The van der Waals surface area contributed by atoms with E-state index in [0.29, 0.717) is 11.1 Å². The van der Waals surface area contributed by atoms with Crippen molar-refractivity contribution >= 4 is 23.9 Å². The van der Waals surface area contributed by atoms with E-state index < -0.39 is 17.8 Å². The Morgan fingerprint density at radius 1 is 0.875 bits per heavy atom. The van der Waals surface area contributed by atoms with Crippen molar-refractivity contribution in [2.24, 2.45) is 0 Å². The summed E-state index contributed by atoms with van der Waals surface area (Å²) in [5.74, 6) is -1.44. The van der Waals surface area contributed by atoms with Crippen molar-refractivity contribution in [1.82, 2.24) is 10.9 Å². The second-order valence-corrected chi connectivity index (χ2v) is 4.76. The Hall–Kier alpha value is -3.41. The molecule has 24 heavy (non-hydrogen) atoms. The number of hydrogen-bond donors (Lipinski definition) is 2. The molecule has 6 heteroatoms. The molecule has 6 nitrogen and oxygen atoms in total. The summed E-state index contributed by atoms with van der Waals surface area (Å²) in [5.41, 5.74) is 6.08. The van der Waals surface area contributed by atoms with Crippen molar-refractivity contribution in [3.8, 4) is 0 Å². The van der Waals surface area contributed by atoms with Gasteiger partial charge in [0.2, 0.25) is 0 Å². The van der Waals surface area contributed by atoms with Crippen molar-refractivity contribution in [2.45, 2.75) is 0 Å². The average Bonchev–Trinajstić information content (AvgIpc) is 2.64. The van der Waals surface area contributed by atoms with Gasteiger partial charge in [0, 0.05) is 11.6 Å². The van der Waals surface area contributed by atoms with Crippen LogP contribution in [0.1, 0.15) is 26.3 Å². The first-order valence-electron chi connectivity index (χ1n) is 7.12. The molecule has 0 fully saturated rings. The number of benzene rings is 2. The molecule has 2 aromatic carbocycles. The summed E-state index contributed by atoms with van der Waals surface area (Å²) in [7, 11) is 1.28. The molecule has 0 saturated heterocycles. The quantitative estimate of drug-likeness (QED) is 0.511. The number of ether oxygens (including phenoxy) is 1. The van der Waals surface area contributed by atoms with E-state index in [9.17, 15) is 14.4 Å². The second kappa shape index (κ2) is 8.28. The highest BCUT2D eigenvalue weighted by Gasteiger charge is 2.09. The highest BCUT2D eigenvalue weighted by Crippen LogP contribution is 2.05. The minimum Gasteiger partial charge on any atom is -0.465 e. The van der Waals surface area contributed by atoms with Crippen LogP contribution in [0.2, 0.25) is 0 Å². The third-order valence-electron chi connectivity index (χ3n) is 3.09. The lowest BCUT2D eigenvalue weighted by molar-refractivity contribution is -0.117. The molecule has 0 aliphatic carbocycles. The SMILES string of the molecule is COC(=O)c1ccc(C(=O)NNC(=O)/C=C\c2ccccc2)cc1. The van der Waals surface area contributed by atoms with Gasteiger partial charge in [-0.25, -0.2) is 4.79 Å². The molecule has 0 aliphatic heterocycles. The fourth-order valence-electron chi connectivity index (χ4n) is 1.84. The van der Waals surface area contributed by atoms with Crippen LogP contribution < -0.4 is 10.9 Å². The maximum atomic E-state index is 11.9. The van der Waals surface area contributed by atoms with Crippen molar-refractivity contribution in [2.75, 3.05) is 7.11 Å². The number of esters is 1. The van der Waals surface area contributed by atoms with Gasteiger partial charge in [-0.2, -0.15) is 0 Å². The Balaban J connectivity index is 1.87. The lowest BCUT2D eigenvalue weighted by Crippen LogP contribution is -2.40. The highest BCUT2D eigenvalue weighted by molar-refractivity contribution is 5.98. The van der Waals surface area contributed by atoms with Crippen LogP contribution in [0, 0.1) is 0 Å². The standard InChI is InChI=1S/C18H16N2O4/c1-24-18(23)15-10-8-14(9-11-15)17(22)20-19-16(21)12-7-13-5-3-2-4-6-13/h2-12H,1H3,(H,19,21)(H,20,22)/b12-7-. The van der Waals surface area contributed by atoms with E-state index in [1.54, 1.807) is 6.08 Å². The van der Waals surface area contributed by atoms with Gasteiger partial charge >= 0.3 is 5.97 Å². The minimum absolute atomic E-state index is 0.301. The van der Waals surface area contributed by atoms with Gasteiger partial charge in [0.05, 0.1) is 12.7 Å². The predicted octanol–water partition coefficient (Wildman–Crippen LogP) is 1.95. The molecule has 2 N–H and O–H groups in total. The van der Waals surface area contributed by atoms with Gasteiger partial charge in [0.15, 0.2) is 0 Å². The average molecular weight is 324 g/mol. The van der Waals surface area contributed by atoms with Gasteiger partial charge in [-0.1, -0.05) is 30.3 Å². The molecule has 0 radical (unpaired) electrons. The van der Waals surface area contributed by atoms with Crippen LogP contribution in [0.15, 0.2) is 60.7 Å². The molecule has 0 heterocycles. The van der Waals surface area contributed by atoms with E-state index in [1.807, 2.05) is 30.3 Å². The number of nitrogens with one attached hydrogen (secondary N) is 2. The van der Waals surface area contributed by atoms with Gasteiger partial charge < -0.3 is 4.74 Å². The Morgan fingerprint density at radius 2 is 1.50 bits per heavy atom. The number of rotatable bonds is 4. The fraction of sp³-hybridized carbons (Fsp3) is 0.0556. The van der Waals surface area contributed by atoms with Gasteiger partial charge in [0.25, 0.3) is 11.8 Å². The van der Waals surface area contributed by atoms with Crippen LogP contribution in [0.25, 0.3) is 6.08 Å². The van der Waals surface area contributed by atoms with Crippen LogP contribution in [0.3, 0.4) is 0 Å². The fourth-order valence-corrected chi connectivity index (χ4v) is 1.84. The minimum atomic E-state index is -0.493. The van der Waals surface area contributed by atoms with E-state index in [1.165, 1.54) is 37.5 Å². The summed E-state index contributed by atoms with van der Waals surface area (Å²) in [6.45, 7) is 0. The molecule has 2 amide bonds. The summed E-state index contributed by atoms with van der Waals surface area (Å²) in [4.78, 5) is 34.9. The van der Waals surface area contributed by atoms with Gasteiger partial charge in [0.1, 0.15) is 0 Å². The largest absolute Gasteiger partial charge is 0.465 e. The van der Waals surface area contributed by atoms with Crippen LogP contribution >= 0.6 is 0 Å². The van der Waals surface area contributed by atoms with E-state index in [4.69, 9.17) is 0 Å². The Bertz CT molecular complexity index is 752. The summed E-state index contributed by atoms with van der Waals surface area (Å²) in [5, 5.41) is 0. The molecular weight excluding hydrogens is 308 g/mol. The first kappa shape index (κ1) is 17.0. The van der Waals surface area contributed by atoms with Crippen LogP contribution in [-0.2, 0) is 9.53 Å². The normalized spacial score (nSPS) is 10.2. The van der Waals surface area contributed by atoms with Gasteiger partial charge in [-0.15, -0.1) is 0 Å². The molecule has 0 aliphatic rings. The van der Waals surface area contributed by atoms with Crippen molar-refractivity contribution in [1.29, 1.82) is 0 Å². The predicted molar refractivity (Wildman–Crippen MR) is 88.9 cm³/mol. The zero-order valence-corrected chi connectivity index (χ0v) is 13.0. The monoisotopic (exact) mass is 324 g/mol. The summed E-state index contributed by atoms with van der Waals surface area (Å²) in [6, 6.07) is 15.2. The molecule has 0 unspecified atom stereocenters. The van der Waals surface area contributed by atoms with Crippen LogP contribution in [-0.4, -0.2) is 24.9 Å². The third-order valence-corrected chi connectivity index (χ3v) is 3.09.